The van der Waals surface area contributed by atoms with Gasteiger partial charge in [0.2, 0.25) is 0 Å². The van der Waals surface area contributed by atoms with E-state index >= 15 is 0 Å². The second-order valence-electron chi connectivity index (χ2n) is 5.41. The van der Waals surface area contributed by atoms with E-state index in [9.17, 15) is 0 Å². The summed E-state index contributed by atoms with van der Waals surface area (Å²) in [6.45, 7) is 0. The van der Waals surface area contributed by atoms with Gasteiger partial charge in [0.05, 0.1) is 16.8 Å². The molecule has 0 aliphatic rings. The van der Waals surface area contributed by atoms with E-state index < -0.39 is 0 Å². The standard InChI is InChI=1S/C18H11ClN4S2/c19-11-6-4-10(5-7-11)12-9-14(13-3-1-2-8-20-13)21-16-15(12)17(24)23-18(25)22-16/h1-9H,(H2,21,22,23,24,25). The molecule has 0 radical (unpaired) electrons. The minimum absolute atomic E-state index is 0.435. The average Bonchev–Trinajstić information content (AvgIpc) is 2.62. The third-order valence-corrected chi connectivity index (χ3v) is 4.55. The van der Waals surface area contributed by atoms with Crippen LogP contribution in [0.3, 0.4) is 0 Å². The van der Waals surface area contributed by atoms with Crippen molar-refractivity contribution in [3.05, 3.63) is 69.2 Å². The van der Waals surface area contributed by atoms with Crippen LogP contribution in [-0.2, 0) is 0 Å². The van der Waals surface area contributed by atoms with Crippen molar-refractivity contribution in [2.24, 2.45) is 0 Å². The van der Waals surface area contributed by atoms with E-state index in [1.807, 2.05) is 48.5 Å². The van der Waals surface area contributed by atoms with Gasteiger partial charge in [-0.3, -0.25) is 4.98 Å². The fourth-order valence-corrected chi connectivity index (χ4v) is 3.37. The topological polar surface area (TPSA) is 57.4 Å². The van der Waals surface area contributed by atoms with Crippen molar-refractivity contribution >= 4 is 47.1 Å². The van der Waals surface area contributed by atoms with Crippen molar-refractivity contribution in [1.82, 2.24) is 19.9 Å². The van der Waals surface area contributed by atoms with Gasteiger partial charge in [-0.15, -0.1) is 0 Å². The first-order chi connectivity index (χ1) is 12.1. The van der Waals surface area contributed by atoms with E-state index in [0.717, 1.165) is 27.9 Å². The summed E-state index contributed by atoms with van der Waals surface area (Å²) < 4.78 is 0.981. The second-order valence-corrected chi connectivity index (χ2v) is 6.66. The number of aromatic amines is 2. The molecule has 0 atom stereocenters. The van der Waals surface area contributed by atoms with Crippen LogP contribution in [0.4, 0.5) is 0 Å². The van der Waals surface area contributed by atoms with Crippen molar-refractivity contribution < 1.29 is 0 Å². The Hall–Kier alpha value is -2.41. The minimum atomic E-state index is 0.435. The molecule has 0 fully saturated rings. The smallest absolute Gasteiger partial charge is 0.177 e. The quantitative estimate of drug-likeness (QED) is 0.434. The summed E-state index contributed by atoms with van der Waals surface area (Å²) in [7, 11) is 0. The summed E-state index contributed by atoms with van der Waals surface area (Å²) in [6.07, 6.45) is 1.74. The summed E-state index contributed by atoms with van der Waals surface area (Å²) >= 11 is 16.7. The first-order valence-corrected chi connectivity index (χ1v) is 8.66. The predicted octanol–water partition coefficient (Wildman–Crippen LogP) is 5.73. The molecule has 0 amide bonds. The lowest BCUT2D eigenvalue weighted by molar-refractivity contribution is 1.14. The van der Waals surface area contributed by atoms with Gasteiger partial charge in [-0.2, -0.15) is 0 Å². The van der Waals surface area contributed by atoms with Gasteiger partial charge in [0.25, 0.3) is 0 Å². The molecule has 3 heterocycles. The number of pyridine rings is 2. The van der Waals surface area contributed by atoms with E-state index in [2.05, 4.69) is 19.9 Å². The third kappa shape index (κ3) is 3.11. The number of H-pyrrole nitrogens is 2. The van der Waals surface area contributed by atoms with E-state index in [1.165, 1.54) is 0 Å². The van der Waals surface area contributed by atoms with Crippen LogP contribution in [-0.4, -0.2) is 19.9 Å². The summed E-state index contributed by atoms with van der Waals surface area (Å²) in [4.78, 5) is 15.1. The molecule has 0 saturated carbocycles. The van der Waals surface area contributed by atoms with Crippen molar-refractivity contribution in [1.29, 1.82) is 0 Å². The van der Waals surface area contributed by atoms with Crippen LogP contribution < -0.4 is 0 Å². The van der Waals surface area contributed by atoms with Gasteiger partial charge in [0.15, 0.2) is 4.77 Å². The van der Waals surface area contributed by atoms with Gasteiger partial charge in [-0.25, -0.2) is 4.98 Å². The number of hydrogen-bond acceptors (Lipinski definition) is 4. The lowest BCUT2D eigenvalue weighted by Crippen LogP contribution is -1.96. The summed E-state index contributed by atoms with van der Waals surface area (Å²) in [6, 6.07) is 15.3. The van der Waals surface area contributed by atoms with Crippen LogP contribution >= 0.6 is 36.0 Å². The Balaban J connectivity index is 2.10. The highest BCUT2D eigenvalue weighted by Crippen LogP contribution is 2.31. The molecule has 0 saturated heterocycles. The maximum Gasteiger partial charge on any atom is 0.177 e. The molecule has 3 aromatic heterocycles. The van der Waals surface area contributed by atoms with Gasteiger partial charge in [-0.1, -0.05) is 42.0 Å². The Morgan fingerprint density at radius 3 is 2.44 bits per heavy atom. The fourth-order valence-electron chi connectivity index (χ4n) is 2.67. The Bertz CT molecular complexity index is 1180. The number of rotatable bonds is 2. The molecule has 4 rings (SSSR count). The van der Waals surface area contributed by atoms with Crippen molar-refractivity contribution in [2.45, 2.75) is 0 Å². The maximum atomic E-state index is 6.03. The van der Waals surface area contributed by atoms with Crippen molar-refractivity contribution in [2.75, 3.05) is 0 Å². The number of hydrogen-bond donors (Lipinski definition) is 2. The summed E-state index contributed by atoms with van der Waals surface area (Å²) in [5, 5.41) is 1.49. The molecule has 122 valence electrons. The number of nitrogens with one attached hydrogen (secondary N) is 2. The molecule has 0 bridgehead atoms. The molecule has 0 spiro atoms. The number of nitrogens with zero attached hydrogens (tertiary/aromatic N) is 2. The van der Waals surface area contributed by atoms with E-state index in [4.69, 9.17) is 36.0 Å². The van der Waals surface area contributed by atoms with Crippen molar-refractivity contribution in [3.63, 3.8) is 0 Å². The van der Waals surface area contributed by atoms with Crippen LogP contribution in [0.2, 0.25) is 5.02 Å². The lowest BCUT2D eigenvalue weighted by Gasteiger charge is -2.10. The highest BCUT2D eigenvalue weighted by molar-refractivity contribution is 7.72. The highest BCUT2D eigenvalue weighted by atomic mass is 35.5. The zero-order chi connectivity index (χ0) is 17.4. The van der Waals surface area contributed by atoms with Crippen LogP contribution in [0, 0.1) is 9.41 Å². The van der Waals surface area contributed by atoms with E-state index in [0.29, 0.717) is 20.1 Å². The number of halogens is 1. The van der Waals surface area contributed by atoms with Gasteiger partial charge < -0.3 is 9.97 Å². The SMILES string of the molecule is S=c1[nH]c(=S)c2c(-c3ccc(Cl)cc3)cc(-c3ccccn3)nc2[nH]1. The molecule has 4 aromatic rings. The van der Waals surface area contributed by atoms with Crippen LogP contribution in [0.15, 0.2) is 54.7 Å². The van der Waals surface area contributed by atoms with E-state index in [-0.39, 0.29) is 0 Å². The highest BCUT2D eigenvalue weighted by Gasteiger charge is 2.12. The number of benzene rings is 1. The molecule has 4 nitrogen and oxygen atoms in total. The molecular weight excluding hydrogens is 372 g/mol. The minimum Gasteiger partial charge on any atom is -0.323 e. The van der Waals surface area contributed by atoms with Gasteiger partial charge >= 0.3 is 0 Å². The molecule has 0 unspecified atom stereocenters. The normalized spacial score (nSPS) is 10.9. The monoisotopic (exact) mass is 382 g/mol. The van der Waals surface area contributed by atoms with Crippen molar-refractivity contribution in [3.8, 4) is 22.5 Å². The largest absolute Gasteiger partial charge is 0.323 e. The Labute approximate surface area is 158 Å². The average molecular weight is 383 g/mol. The van der Waals surface area contributed by atoms with Crippen LogP contribution in [0.25, 0.3) is 33.5 Å². The van der Waals surface area contributed by atoms with Crippen LogP contribution in [0.5, 0.6) is 0 Å². The van der Waals surface area contributed by atoms with Gasteiger partial charge in [0.1, 0.15) is 10.3 Å². The Morgan fingerprint density at radius 1 is 0.920 bits per heavy atom. The number of fused-ring (bicyclic) bond motifs is 1. The molecule has 0 aliphatic carbocycles. The van der Waals surface area contributed by atoms with Crippen LogP contribution in [0.1, 0.15) is 0 Å². The first-order valence-electron chi connectivity index (χ1n) is 7.46. The summed E-state index contributed by atoms with van der Waals surface area (Å²) in [5.74, 6) is 0. The second kappa shape index (κ2) is 6.48. The maximum absolute atomic E-state index is 6.03. The van der Waals surface area contributed by atoms with Gasteiger partial charge in [0, 0.05) is 11.2 Å². The fraction of sp³-hybridized carbons (Fsp3) is 0. The Kier molecular flexibility index (Phi) is 4.17. The third-order valence-electron chi connectivity index (χ3n) is 3.79. The molecule has 2 N–H and O–H groups in total. The molecule has 0 aliphatic heterocycles. The molecule has 25 heavy (non-hydrogen) atoms. The summed E-state index contributed by atoms with van der Waals surface area (Å²) in [5.41, 5.74) is 4.07. The molecule has 1 aromatic carbocycles. The predicted molar refractivity (Wildman–Crippen MR) is 106 cm³/mol. The lowest BCUT2D eigenvalue weighted by atomic mass is 10.0. The zero-order valence-electron chi connectivity index (χ0n) is 12.8. The molecular formula is C18H11ClN4S2. The van der Waals surface area contributed by atoms with E-state index in [1.54, 1.807) is 6.20 Å². The number of aromatic nitrogens is 4. The Morgan fingerprint density at radius 2 is 1.72 bits per heavy atom. The first kappa shape index (κ1) is 16.1. The molecule has 7 heteroatoms. The van der Waals surface area contributed by atoms with Gasteiger partial charge in [-0.05, 0) is 53.7 Å². The zero-order valence-corrected chi connectivity index (χ0v) is 15.2.